The Morgan fingerprint density at radius 1 is 1.00 bits per heavy atom. The highest BCUT2D eigenvalue weighted by atomic mass is 79.9. The predicted molar refractivity (Wildman–Crippen MR) is 87.3 cm³/mol. The van der Waals surface area contributed by atoms with Crippen molar-refractivity contribution >= 4 is 21.8 Å². The minimum atomic E-state index is -5.44. The summed E-state index contributed by atoms with van der Waals surface area (Å²) < 4.78 is 92.1. The van der Waals surface area contributed by atoms with E-state index in [2.05, 4.69) is 15.9 Å². The molecule has 28 heavy (non-hydrogen) atoms. The van der Waals surface area contributed by atoms with Gasteiger partial charge in [-0.15, -0.1) is 0 Å². The summed E-state index contributed by atoms with van der Waals surface area (Å²) in [5, 5.41) is 11.7. The highest BCUT2D eigenvalue weighted by Crippen LogP contribution is 2.39. The molecule has 1 atom stereocenters. The number of benzene rings is 2. The fourth-order valence-corrected chi connectivity index (χ4v) is 2.85. The Morgan fingerprint density at radius 2 is 1.57 bits per heavy atom. The maximum absolute atomic E-state index is 14.0. The van der Waals surface area contributed by atoms with Crippen LogP contribution in [0.5, 0.6) is 0 Å². The normalized spacial score (nSPS) is 14.5. The first-order chi connectivity index (χ1) is 12.8. The lowest BCUT2D eigenvalue weighted by molar-refractivity contribution is -0.257. The number of amides is 1. The second kappa shape index (κ2) is 7.70. The molecule has 0 heterocycles. The van der Waals surface area contributed by atoms with Gasteiger partial charge in [-0.25, -0.2) is 4.39 Å². The maximum atomic E-state index is 14.0. The summed E-state index contributed by atoms with van der Waals surface area (Å²) in [4.78, 5) is 12.1. The zero-order chi connectivity index (χ0) is 21.3. The van der Waals surface area contributed by atoms with Gasteiger partial charge in [0, 0.05) is 17.7 Å². The van der Waals surface area contributed by atoms with E-state index in [1.165, 1.54) is 6.07 Å². The van der Waals surface area contributed by atoms with Gasteiger partial charge in [0.25, 0.3) is 11.5 Å². The van der Waals surface area contributed by atoms with Crippen LogP contribution in [0.1, 0.15) is 16.7 Å². The second-order valence-corrected chi connectivity index (χ2v) is 6.54. The first kappa shape index (κ1) is 22.2. The summed E-state index contributed by atoms with van der Waals surface area (Å²) >= 11 is 2.59. The lowest BCUT2D eigenvalue weighted by atomic mass is 9.92. The molecule has 0 unspecified atom stereocenters. The van der Waals surface area contributed by atoms with Crippen molar-refractivity contribution in [2.24, 2.45) is 0 Å². The number of alkyl halides is 6. The Morgan fingerprint density at radius 3 is 2.07 bits per heavy atom. The second-order valence-electron chi connectivity index (χ2n) is 5.69. The Hall–Kier alpha value is -2.14. The number of rotatable bonds is 4. The minimum absolute atomic E-state index is 0.357. The summed E-state index contributed by atoms with van der Waals surface area (Å²) in [5.74, 6) is -3.15. The monoisotopic (exact) mass is 473 g/mol. The SMILES string of the molecule is O=C(NCc1cc(C(F)(F)F)cc(Br)c1F)[C@@](O)(c1ccccc1)C(F)(F)F. The van der Waals surface area contributed by atoms with E-state index in [0.717, 1.165) is 24.3 Å². The molecule has 2 aromatic rings. The zero-order valence-electron chi connectivity index (χ0n) is 13.6. The Kier molecular flexibility index (Phi) is 6.10. The standard InChI is InChI=1S/C17H11BrF7NO2/c18-12-7-11(16(20,21)22)6-9(13(12)19)8-26-14(27)15(28,17(23,24)25)10-4-2-1-3-5-10/h1-7,28H,8H2,(H,26,27)/t15-/m0/s1. The van der Waals surface area contributed by atoms with Crippen LogP contribution in [0.4, 0.5) is 30.7 Å². The van der Waals surface area contributed by atoms with Crippen LogP contribution in [0.25, 0.3) is 0 Å². The van der Waals surface area contributed by atoms with Crippen molar-refractivity contribution in [2.75, 3.05) is 0 Å². The number of halogens is 8. The third-order valence-corrected chi connectivity index (χ3v) is 4.38. The predicted octanol–water partition coefficient (Wildman–Crippen LogP) is 4.67. The van der Waals surface area contributed by atoms with Crippen LogP contribution in [0.15, 0.2) is 46.9 Å². The van der Waals surface area contributed by atoms with Crippen LogP contribution in [0.2, 0.25) is 0 Å². The molecule has 152 valence electrons. The van der Waals surface area contributed by atoms with E-state index in [1.54, 1.807) is 5.32 Å². The molecule has 0 radical (unpaired) electrons. The van der Waals surface area contributed by atoms with Crippen molar-refractivity contribution in [1.29, 1.82) is 0 Å². The molecule has 0 saturated heterocycles. The molecule has 0 aliphatic carbocycles. The number of carbonyl (C=O) groups excluding carboxylic acids is 1. The van der Waals surface area contributed by atoms with Gasteiger partial charge in [-0.3, -0.25) is 4.79 Å². The summed E-state index contributed by atoms with van der Waals surface area (Å²) in [7, 11) is 0. The number of nitrogens with one attached hydrogen (secondary N) is 1. The molecular formula is C17H11BrF7NO2. The Balaban J connectivity index is 2.35. The van der Waals surface area contributed by atoms with Gasteiger partial charge < -0.3 is 10.4 Å². The molecule has 0 aliphatic rings. The molecule has 0 bridgehead atoms. The number of carbonyl (C=O) groups is 1. The molecule has 2 aromatic carbocycles. The first-order valence-electron chi connectivity index (χ1n) is 7.46. The van der Waals surface area contributed by atoms with E-state index in [-0.39, 0.29) is 0 Å². The lowest BCUT2D eigenvalue weighted by Crippen LogP contribution is -2.54. The van der Waals surface area contributed by atoms with Crippen molar-refractivity contribution in [3.63, 3.8) is 0 Å². The number of aliphatic hydroxyl groups is 1. The smallest absolute Gasteiger partial charge is 0.369 e. The lowest BCUT2D eigenvalue weighted by Gasteiger charge is -2.29. The summed E-state index contributed by atoms with van der Waals surface area (Å²) in [5.41, 5.74) is -6.75. The molecule has 0 aliphatic heterocycles. The maximum Gasteiger partial charge on any atom is 0.430 e. The average Bonchev–Trinajstić information content (AvgIpc) is 2.60. The van der Waals surface area contributed by atoms with Crippen molar-refractivity contribution in [1.82, 2.24) is 5.32 Å². The molecule has 11 heteroatoms. The third-order valence-electron chi connectivity index (χ3n) is 3.80. The van der Waals surface area contributed by atoms with Gasteiger partial charge in [0.15, 0.2) is 0 Å². The fraction of sp³-hybridized carbons (Fsp3) is 0.235. The van der Waals surface area contributed by atoms with E-state index in [0.29, 0.717) is 12.1 Å². The topological polar surface area (TPSA) is 49.3 Å². The van der Waals surface area contributed by atoms with Gasteiger partial charge in [0.2, 0.25) is 0 Å². The van der Waals surface area contributed by atoms with Crippen LogP contribution in [0, 0.1) is 5.82 Å². The quantitative estimate of drug-likeness (QED) is 0.633. The van der Waals surface area contributed by atoms with Gasteiger partial charge in [0.05, 0.1) is 10.0 Å². The molecule has 1 amide bonds. The van der Waals surface area contributed by atoms with Crippen LogP contribution in [0.3, 0.4) is 0 Å². The molecule has 2 N–H and O–H groups in total. The Labute approximate surface area is 162 Å². The molecule has 0 fully saturated rings. The summed E-state index contributed by atoms with van der Waals surface area (Å²) in [6.07, 6.45) is -10.3. The van der Waals surface area contributed by atoms with Crippen LogP contribution in [-0.4, -0.2) is 17.2 Å². The minimum Gasteiger partial charge on any atom is -0.369 e. The van der Waals surface area contributed by atoms with E-state index < -0.39 is 57.4 Å². The molecule has 0 saturated carbocycles. The molecular weight excluding hydrogens is 463 g/mol. The molecule has 2 rings (SSSR count). The molecule has 0 aromatic heterocycles. The molecule has 0 spiro atoms. The van der Waals surface area contributed by atoms with Crippen molar-refractivity contribution < 1.29 is 40.6 Å². The van der Waals surface area contributed by atoms with Gasteiger partial charge in [-0.2, -0.15) is 26.3 Å². The largest absolute Gasteiger partial charge is 0.430 e. The van der Waals surface area contributed by atoms with Gasteiger partial charge >= 0.3 is 12.4 Å². The first-order valence-corrected chi connectivity index (χ1v) is 8.26. The van der Waals surface area contributed by atoms with E-state index >= 15 is 0 Å². The molecule has 3 nitrogen and oxygen atoms in total. The van der Waals surface area contributed by atoms with Crippen molar-refractivity contribution in [2.45, 2.75) is 24.5 Å². The van der Waals surface area contributed by atoms with Gasteiger partial charge in [-0.05, 0) is 28.1 Å². The van der Waals surface area contributed by atoms with Crippen molar-refractivity contribution in [3.05, 3.63) is 69.4 Å². The van der Waals surface area contributed by atoms with Crippen LogP contribution < -0.4 is 5.32 Å². The summed E-state index contributed by atoms with van der Waals surface area (Å²) in [6, 6.07) is 6.19. The fourth-order valence-electron chi connectivity index (χ4n) is 2.34. The average molecular weight is 474 g/mol. The van der Waals surface area contributed by atoms with E-state index in [4.69, 9.17) is 0 Å². The number of hydrogen-bond acceptors (Lipinski definition) is 2. The van der Waals surface area contributed by atoms with E-state index in [1.807, 2.05) is 0 Å². The third kappa shape index (κ3) is 4.30. The Bertz CT molecular complexity index is 868. The zero-order valence-corrected chi connectivity index (χ0v) is 15.2. The van der Waals surface area contributed by atoms with Gasteiger partial charge in [-0.1, -0.05) is 30.3 Å². The highest BCUT2D eigenvalue weighted by molar-refractivity contribution is 9.10. The highest BCUT2D eigenvalue weighted by Gasteiger charge is 2.60. The number of hydrogen-bond donors (Lipinski definition) is 2. The van der Waals surface area contributed by atoms with Crippen LogP contribution in [-0.2, 0) is 23.1 Å². The summed E-state index contributed by atoms with van der Waals surface area (Å²) in [6.45, 7) is -1.02. The van der Waals surface area contributed by atoms with Crippen molar-refractivity contribution in [3.8, 4) is 0 Å². The van der Waals surface area contributed by atoms with E-state index in [9.17, 15) is 40.6 Å². The van der Waals surface area contributed by atoms with Crippen LogP contribution >= 0.6 is 15.9 Å². The van der Waals surface area contributed by atoms with Gasteiger partial charge in [0.1, 0.15) is 5.82 Å².